The fraction of sp³-hybridized carbons (Fsp3) is 0.188. The molecule has 1 aliphatic carbocycles. The van der Waals surface area contributed by atoms with E-state index in [2.05, 4.69) is 4.99 Å². The van der Waals surface area contributed by atoms with Gasteiger partial charge in [0, 0.05) is 17.7 Å². The predicted molar refractivity (Wildman–Crippen MR) is 83.4 cm³/mol. The molecule has 0 bridgehead atoms. The zero-order chi connectivity index (χ0) is 16.7. The number of rotatable bonds is 4. The Morgan fingerprint density at radius 3 is 2.78 bits per heavy atom. The highest BCUT2D eigenvalue weighted by molar-refractivity contribution is 7.12. The molecule has 0 amide bonds. The lowest BCUT2D eigenvalue weighted by Gasteiger charge is -2.19. The largest absolute Gasteiger partial charge is 0.505 e. The molecule has 0 aromatic carbocycles. The van der Waals surface area contributed by atoms with Gasteiger partial charge in [-0.3, -0.25) is 14.6 Å². The first-order valence-corrected chi connectivity index (χ1v) is 7.68. The summed E-state index contributed by atoms with van der Waals surface area (Å²) in [5.74, 6) is -3.18. The van der Waals surface area contributed by atoms with Gasteiger partial charge in [-0.15, -0.1) is 11.3 Å². The van der Waals surface area contributed by atoms with E-state index in [9.17, 15) is 19.1 Å². The minimum absolute atomic E-state index is 0.206. The zero-order valence-electron chi connectivity index (χ0n) is 12.1. The molecule has 23 heavy (non-hydrogen) atoms. The molecular formula is C16H12FNO4S. The number of carbonyl (C=O) groups is 2. The van der Waals surface area contributed by atoms with Crippen LogP contribution in [0, 0.1) is 0 Å². The maximum atomic E-state index is 14.0. The van der Waals surface area contributed by atoms with Gasteiger partial charge in [-0.2, -0.15) is 0 Å². The SMILES string of the molecule is CC1=C(CC(=O)O)C2=C(C(=O)c3cccs3)C(O)=C(F)CC2=N1. The fourth-order valence-corrected chi connectivity index (χ4v) is 3.38. The van der Waals surface area contributed by atoms with E-state index in [4.69, 9.17) is 5.11 Å². The van der Waals surface area contributed by atoms with E-state index in [1.165, 1.54) is 11.3 Å². The first-order valence-electron chi connectivity index (χ1n) is 6.80. The second-order valence-electron chi connectivity index (χ2n) is 5.18. The van der Waals surface area contributed by atoms with Crippen molar-refractivity contribution in [1.29, 1.82) is 0 Å². The lowest BCUT2D eigenvalue weighted by molar-refractivity contribution is -0.136. The van der Waals surface area contributed by atoms with Gasteiger partial charge in [-0.05, 0) is 23.9 Å². The summed E-state index contributed by atoms with van der Waals surface area (Å²) in [6.45, 7) is 1.61. The van der Waals surface area contributed by atoms with Crippen molar-refractivity contribution in [2.24, 2.45) is 4.99 Å². The molecular weight excluding hydrogens is 321 g/mol. The summed E-state index contributed by atoms with van der Waals surface area (Å²) in [7, 11) is 0. The average Bonchev–Trinajstić information content (AvgIpc) is 3.10. The Morgan fingerprint density at radius 2 is 2.17 bits per heavy atom. The van der Waals surface area contributed by atoms with E-state index in [0.717, 1.165) is 0 Å². The Bertz CT molecular complexity index is 843. The number of hydrogen-bond donors (Lipinski definition) is 2. The molecule has 1 aromatic heterocycles. The summed E-state index contributed by atoms with van der Waals surface area (Å²) in [5.41, 5.74) is 1.10. The predicted octanol–water partition coefficient (Wildman–Crippen LogP) is 3.57. The van der Waals surface area contributed by atoms with Crippen molar-refractivity contribution in [1.82, 2.24) is 0 Å². The second kappa shape index (κ2) is 5.58. The maximum Gasteiger partial charge on any atom is 0.307 e. The summed E-state index contributed by atoms with van der Waals surface area (Å²) < 4.78 is 14.0. The van der Waals surface area contributed by atoms with Crippen LogP contribution >= 0.6 is 11.3 Å². The molecule has 2 aliphatic rings. The molecule has 0 atom stereocenters. The Labute approximate surface area is 134 Å². The molecule has 1 aromatic rings. The van der Waals surface area contributed by atoms with Gasteiger partial charge in [0.05, 0.1) is 22.6 Å². The Kier molecular flexibility index (Phi) is 3.73. The van der Waals surface area contributed by atoms with Gasteiger partial charge in [0.2, 0.25) is 5.78 Å². The van der Waals surface area contributed by atoms with Crippen LogP contribution in [0.15, 0.2) is 56.5 Å². The molecule has 0 saturated heterocycles. The smallest absolute Gasteiger partial charge is 0.307 e. The normalized spacial score (nSPS) is 17.6. The molecule has 7 heteroatoms. The van der Waals surface area contributed by atoms with Crippen molar-refractivity contribution < 1.29 is 24.2 Å². The number of carboxylic acid groups (broad SMARTS) is 1. The van der Waals surface area contributed by atoms with Crippen LogP contribution in [0.2, 0.25) is 0 Å². The van der Waals surface area contributed by atoms with Crippen molar-refractivity contribution in [2.75, 3.05) is 0 Å². The van der Waals surface area contributed by atoms with Gasteiger partial charge in [-0.25, -0.2) is 4.39 Å². The number of carboxylic acids is 1. The number of thiophene rings is 1. The first kappa shape index (κ1) is 15.4. The van der Waals surface area contributed by atoms with Gasteiger partial charge in [0.15, 0.2) is 5.76 Å². The average molecular weight is 333 g/mol. The van der Waals surface area contributed by atoms with Crippen LogP contribution in [0.5, 0.6) is 0 Å². The van der Waals surface area contributed by atoms with E-state index in [1.54, 1.807) is 24.4 Å². The minimum Gasteiger partial charge on any atom is -0.505 e. The number of carbonyl (C=O) groups excluding carboxylic acids is 1. The third-order valence-electron chi connectivity index (χ3n) is 3.70. The molecule has 2 heterocycles. The van der Waals surface area contributed by atoms with Crippen molar-refractivity contribution in [3.05, 3.63) is 56.4 Å². The molecule has 0 unspecified atom stereocenters. The van der Waals surface area contributed by atoms with Crippen molar-refractivity contribution in [2.45, 2.75) is 19.8 Å². The number of ketones is 1. The lowest BCUT2D eigenvalue weighted by atomic mass is 9.85. The highest BCUT2D eigenvalue weighted by Crippen LogP contribution is 2.40. The molecule has 0 radical (unpaired) electrons. The standard InChI is InChI=1S/C16H12FNO4S/c1-7-8(5-12(19)20)13-10(18-7)6-9(17)15(21)14(13)16(22)11-3-2-4-23-11/h2-4,21H,5-6H2,1H3,(H,19,20). The van der Waals surface area contributed by atoms with Crippen molar-refractivity contribution in [3.8, 4) is 0 Å². The van der Waals surface area contributed by atoms with Crippen LogP contribution in [0.1, 0.15) is 29.4 Å². The first-order chi connectivity index (χ1) is 10.9. The number of nitrogens with zero attached hydrogens (tertiary/aromatic N) is 1. The number of hydrogen-bond acceptors (Lipinski definition) is 5. The zero-order valence-corrected chi connectivity index (χ0v) is 12.9. The van der Waals surface area contributed by atoms with Crippen LogP contribution < -0.4 is 0 Å². The molecule has 5 nitrogen and oxygen atoms in total. The minimum atomic E-state index is -1.08. The molecule has 0 saturated carbocycles. The number of allylic oxidation sites excluding steroid dienone is 4. The van der Waals surface area contributed by atoms with Crippen LogP contribution in [0.25, 0.3) is 0 Å². The third-order valence-corrected chi connectivity index (χ3v) is 4.56. The quantitative estimate of drug-likeness (QED) is 0.825. The number of aliphatic carboxylic acids is 1. The van der Waals surface area contributed by atoms with Gasteiger partial charge in [0.1, 0.15) is 5.83 Å². The Morgan fingerprint density at radius 1 is 1.43 bits per heavy atom. The summed E-state index contributed by atoms with van der Waals surface area (Å²) in [6, 6.07) is 3.24. The summed E-state index contributed by atoms with van der Waals surface area (Å²) in [4.78, 5) is 28.3. The van der Waals surface area contributed by atoms with Crippen molar-refractivity contribution >= 4 is 28.8 Å². The number of halogens is 1. The van der Waals surface area contributed by atoms with Gasteiger partial charge in [0.25, 0.3) is 0 Å². The lowest BCUT2D eigenvalue weighted by Crippen LogP contribution is -2.19. The topological polar surface area (TPSA) is 87.0 Å². The van der Waals surface area contributed by atoms with E-state index >= 15 is 0 Å². The van der Waals surface area contributed by atoms with E-state index in [1.807, 2.05) is 0 Å². The van der Waals surface area contributed by atoms with E-state index < -0.39 is 23.3 Å². The van der Waals surface area contributed by atoms with Crippen LogP contribution in [-0.4, -0.2) is 27.7 Å². The van der Waals surface area contributed by atoms with Crippen LogP contribution in [0.3, 0.4) is 0 Å². The summed E-state index contributed by atoms with van der Waals surface area (Å²) in [6.07, 6.45) is -0.590. The number of aliphatic imine (C=N–C) groups is 1. The number of aliphatic hydroxyl groups is 1. The highest BCUT2D eigenvalue weighted by Gasteiger charge is 2.37. The van der Waals surface area contributed by atoms with Gasteiger partial charge < -0.3 is 10.2 Å². The second-order valence-corrected chi connectivity index (χ2v) is 6.13. The number of fused-ring (bicyclic) bond motifs is 1. The maximum absolute atomic E-state index is 14.0. The molecule has 1 aliphatic heterocycles. The molecule has 2 N–H and O–H groups in total. The fourth-order valence-electron chi connectivity index (χ4n) is 2.71. The van der Waals surface area contributed by atoms with Crippen LogP contribution in [0.4, 0.5) is 4.39 Å². The molecule has 3 rings (SSSR count). The van der Waals surface area contributed by atoms with Gasteiger partial charge >= 0.3 is 5.97 Å². The van der Waals surface area contributed by atoms with E-state index in [0.29, 0.717) is 16.1 Å². The Balaban J connectivity index is 2.21. The van der Waals surface area contributed by atoms with Crippen LogP contribution in [-0.2, 0) is 4.79 Å². The Hall–Kier alpha value is -2.54. The molecule has 118 valence electrons. The third kappa shape index (κ3) is 2.53. The van der Waals surface area contributed by atoms with E-state index in [-0.39, 0.29) is 29.7 Å². The highest BCUT2D eigenvalue weighted by atomic mass is 32.1. The molecule has 0 spiro atoms. The van der Waals surface area contributed by atoms with Crippen molar-refractivity contribution in [3.63, 3.8) is 0 Å². The summed E-state index contributed by atoms with van der Waals surface area (Å²) >= 11 is 1.17. The summed E-state index contributed by atoms with van der Waals surface area (Å²) in [5, 5.41) is 20.9. The van der Waals surface area contributed by atoms with Gasteiger partial charge in [-0.1, -0.05) is 6.07 Å². The number of Topliss-reactive ketones (excluding diaryl/α,β-unsaturated/α-hetero) is 1. The monoisotopic (exact) mass is 333 g/mol. The number of aliphatic hydroxyl groups excluding tert-OH is 1. The molecule has 0 fully saturated rings.